The van der Waals surface area contributed by atoms with Crippen LogP contribution >= 0.6 is 0 Å². The molecule has 0 spiro atoms. The molecule has 3 rings (SSSR count). The summed E-state index contributed by atoms with van der Waals surface area (Å²) in [6.07, 6.45) is -0.180. The lowest BCUT2D eigenvalue weighted by molar-refractivity contribution is 0.0592. The van der Waals surface area contributed by atoms with Crippen LogP contribution < -0.4 is 0 Å². The zero-order chi connectivity index (χ0) is 21.2. The number of ether oxygens (including phenoxy) is 2. The predicted molar refractivity (Wildman–Crippen MR) is 110 cm³/mol. The molecular weight excluding hydrogens is 386 g/mol. The highest BCUT2D eigenvalue weighted by molar-refractivity contribution is 5.87. The van der Waals surface area contributed by atoms with E-state index in [9.17, 15) is 14.5 Å². The van der Waals surface area contributed by atoms with Gasteiger partial charge < -0.3 is 9.47 Å². The molecule has 0 bridgehead atoms. The monoisotopic (exact) mass is 411 g/mol. The van der Waals surface area contributed by atoms with Crippen LogP contribution in [0.3, 0.4) is 0 Å². The number of hydrogen-bond donors (Lipinski definition) is 0. The number of imide groups is 1. The fourth-order valence-electron chi connectivity index (χ4n) is 3.26. The minimum absolute atomic E-state index is 0.0524. The SMILES string of the molecule is O=NN1CCC(CN(C(=O)OCc2ccccc2)C(=O)OCc2ccccc2)CC1. The number of nitrogens with zero attached hydrogens (tertiary/aromatic N) is 3. The van der Waals surface area contributed by atoms with Crippen molar-refractivity contribution in [2.75, 3.05) is 19.6 Å². The van der Waals surface area contributed by atoms with Crippen LogP contribution in [0, 0.1) is 10.8 Å². The summed E-state index contributed by atoms with van der Waals surface area (Å²) in [7, 11) is 0. The number of hydrogen-bond acceptors (Lipinski definition) is 6. The van der Waals surface area contributed by atoms with Gasteiger partial charge in [-0.25, -0.2) is 14.5 Å². The highest BCUT2D eigenvalue weighted by atomic mass is 16.6. The van der Waals surface area contributed by atoms with E-state index in [0.717, 1.165) is 16.0 Å². The summed E-state index contributed by atoms with van der Waals surface area (Å²) >= 11 is 0. The Bertz CT molecular complexity index is 768. The molecule has 1 saturated heterocycles. The van der Waals surface area contributed by atoms with Gasteiger partial charge in [0.2, 0.25) is 0 Å². The number of amides is 2. The van der Waals surface area contributed by atoms with Gasteiger partial charge in [0.1, 0.15) is 13.2 Å². The van der Waals surface area contributed by atoms with E-state index in [1.54, 1.807) is 0 Å². The van der Waals surface area contributed by atoms with Crippen LogP contribution in [0.2, 0.25) is 0 Å². The second-order valence-corrected chi connectivity index (χ2v) is 7.17. The Morgan fingerprint density at radius 2 is 1.33 bits per heavy atom. The Balaban J connectivity index is 1.61. The van der Waals surface area contributed by atoms with Crippen LogP contribution in [0.5, 0.6) is 0 Å². The summed E-state index contributed by atoms with van der Waals surface area (Å²) in [5.74, 6) is 0.0524. The van der Waals surface area contributed by atoms with Crippen LogP contribution in [-0.2, 0) is 22.7 Å². The van der Waals surface area contributed by atoms with Crippen molar-refractivity contribution in [3.63, 3.8) is 0 Å². The van der Waals surface area contributed by atoms with Gasteiger partial charge in [-0.05, 0) is 29.9 Å². The van der Waals surface area contributed by atoms with E-state index < -0.39 is 12.2 Å². The van der Waals surface area contributed by atoms with Gasteiger partial charge in [-0.2, -0.15) is 0 Å². The summed E-state index contributed by atoms with van der Waals surface area (Å²) in [6, 6.07) is 18.5. The highest BCUT2D eigenvalue weighted by Crippen LogP contribution is 2.20. The summed E-state index contributed by atoms with van der Waals surface area (Å²) in [5, 5.41) is 4.39. The first-order chi connectivity index (χ1) is 14.7. The zero-order valence-electron chi connectivity index (χ0n) is 16.7. The van der Waals surface area contributed by atoms with Crippen molar-refractivity contribution in [3.05, 3.63) is 76.7 Å². The van der Waals surface area contributed by atoms with Crippen LogP contribution in [0.25, 0.3) is 0 Å². The molecule has 0 atom stereocenters. The number of rotatable bonds is 7. The second kappa shape index (κ2) is 10.9. The average molecular weight is 411 g/mol. The molecule has 8 nitrogen and oxygen atoms in total. The third-order valence-corrected chi connectivity index (χ3v) is 5.00. The average Bonchev–Trinajstić information content (AvgIpc) is 2.81. The molecule has 0 aromatic heterocycles. The summed E-state index contributed by atoms with van der Waals surface area (Å²) in [6.45, 7) is 1.31. The van der Waals surface area contributed by atoms with Gasteiger partial charge in [0, 0.05) is 19.6 Å². The zero-order valence-corrected chi connectivity index (χ0v) is 16.7. The molecule has 1 aliphatic heterocycles. The molecular formula is C22H25N3O5. The molecule has 2 amide bonds. The Morgan fingerprint density at radius 3 is 1.77 bits per heavy atom. The molecule has 0 aliphatic carbocycles. The quantitative estimate of drug-likeness (QED) is 0.629. The molecule has 0 N–H and O–H groups in total. The number of benzene rings is 2. The Kier molecular flexibility index (Phi) is 7.77. The largest absolute Gasteiger partial charge is 0.444 e. The standard InChI is InChI=1S/C22H25N3O5/c26-21(29-16-19-7-3-1-4-8-19)25(15-18-11-13-24(23-28)14-12-18)22(27)30-17-20-9-5-2-6-10-20/h1-10,18H,11-17H2. The predicted octanol–water partition coefficient (Wildman–Crippen LogP) is 4.36. The number of nitroso groups, excluding NO2 is 1. The minimum atomic E-state index is -0.743. The van der Waals surface area contributed by atoms with E-state index in [-0.39, 0.29) is 25.7 Å². The third-order valence-electron chi connectivity index (χ3n) is 5.00. The lowest BCUT2D eigenvalue weighted by Gasteiger charge is -2.30. The van der Waals surface area contributed by atoms with Crippen molar-refractivity contribution in [3.8, 4) is 0 Å². The molecule has 1 heterocycles. The second-order valence-electron chi connectivity index (χ2n) is 7.17. The van der Waals surface area contributed by atoms with E-state index >= 15 is 0 Å². The van der Waals surface area contributed by atoms with Crippen molar-refractivity contribution in [1.82, 2.24) is 9.91 Å². The van der Waals surface area contributed by atoms with E-state index in [1.165, 1.54) is 5.01 Å². The fraction of sp³-hybridized carbons (Fsp3) is 0.364. The van der Waals surface area contributed by atoms with Crippen LogP contribution in [-0.4, -0.2) is 41.7 Å². The molecule has 2 aromatic rings. The first-order valence-electron chi connectivity index (χ1n) is 9.93. The van der Waals surface area contributed by atoms with E-state index in [0.29, 0.717) is 25.9 Å². The normalized spacial score (nSPS) is 14.1. The van der Waals surface area contributed by atoms with Gasteiger partial charge in [0.05, 0.1) is 5.29 Å². The maximum atomic E-state index is 12.7. The summed E-state index contributed by atoms with van der Waals surface area (Å²) in [4.78, 5) is 37.1. The third kappa shape index (κ3) is 6.30. The van der Waals surface area contributed by atoms with Crippen molar-refractivity contribution >= 4 is 12.2 Å². The van der Waals surface area contributed by atoms with Crippen LogP contribution in [0.1, 0.15) is 24.0 Å². The van der Waals surface area contributed by atoms with Gasteiger partial charge in [-0.15, -0.1) is 4.91 Å². The Morgan fingerprint density at radius 1 is 0.867 bits per heavy atom. The van der Waals surface area contributed by atoms with E-state index in [1.807, 2.05) is 60.7 Å². The van der Waals surface area contributed by atoms with Gasteiger partial charge >= 0.3 is 12.2 Å². The van der Waals surface area contributed by atoms with Crippen molar-refractivity contribution in [2.45, 2.75) is 26.1 Å². The molecule has 0 saturated carbocycles. The van der Waals surface area contributed by atoms with Gasteiger partial charge in [0.25, 0.3) is 0 Å². The lowest BCUT2D eigenvalue weighted by atomic mass is 9.97. The topological polar surface area (TPSA) is 88.5 Å². The fourth-order valence-corrected chi connectivity index (χ4v) is 3.26. The Labute approximate surface area is 175 Å². The van der Waals surface area contributed by atoms with Crippen LogP contribution in [0.4, 0.5) is 9.59 Å². The van der Waals surface area contributed by atoms with Gasteiger partial charge in [-0.3, -0.25) is 5.01 Å². The highest BCUT2D eigenvalue weighted by Gasteiger charge is 2.30. The number of carbonyl (C=O) groups excluding carboxylic acids is 2. The maximum absolute atomic E-state index is 12.7. The lowest BCUT2D eigenvalue weighted by Crippen LogP contribution is -2.43. The molecule has 1 aliphatic rings. The Hall–Kier alpha value is -3.42. The molecule has 0 radical (unpaired) electrons. The van der Waals surface area contributed by atoms with Gasteiger partial charge in [0.15, 0.2) is 0 Å². The van der Waals surface area contributed by atoms with Crippen LogP contribution in [0.15, 0.2) is 65.9 Å². The molecule has 2 aromatic carbocycles. The first kappa shape index (κ1) is 21.3. The van der Waals surface area contributed by atoms with Crippen molar-refractivity contribution in [2.24, 2.45) is 11.2 Å². The number of piperidine rings is 1. The maximum Gasteiger partial charge on any atom is 0.419 e. The van der Waals surface area contributed by atoms with E-state index in [4.69, 9.17) is 9.47 Å². The summed E-state index contributed by atoms with van der Waals surface area (Å²) < 4.78 is 10.7. The molecule has 8 heteroatoms. The molecule has 0 unspecified atom stereocenters. The summed E-state index contributed by atoms with van der Waals surface area (Å²) in [5.41, 5.74) is 1.66. The van der Waals surface area contributed by atoms with Crippen molar-refractivity contribution < 1.29 is 19.1 Å². The molecule has 158 valence electrons. The number of carbonyl (C=O) groups is 2. The van der Waals surface area contributed by atoms with E-state index in [2.05, 4.69) is 5.29 Å². The van der Waals surface area contributed by atoms with Crippen molar-refractivity contribution in [1.29, 1.82) is 0 Å². The van der Waals surface area contributed by atoms with Gasteiger partial charge in [-0.1, -0.05) is 60.7 Å². The smallest absolute Gasteiger partial charge is 0.419 e. The molecule has 30 heavy (non-hydrogen) atoms. The first-order valence-corrected chi connectivity index (χ1v) is 9.93. The molecule has 1 fully saturated rings. The minimum Gasteiger partial charge on any atom is -0.444 e.